The first-order valence-corrected chi connectivity index (χ1v) is 12.7. The van der Waals surface area contributed by atoms with Crippen LogP contribution in [0.2, 0.25) is 5.15 Å². The molecule has 1 N–H and O–H groups in total. The molecule has 1 heterocycles. The van der Waals surface area contributed by atoms with Gasteiger partial charge < -0.3 is 5.11 Å². The number of carbonyl (C=O) groups is 1. The minimum atomic E-state index is -0.945. The minimum absolute atomic E-state index is 0.0176. The van der Waals surface area contributed by atoms with Crippen molar-refractivity contribution in [1.29, 1.82) is 0 Å². The Hall–Kier alpha value is -2.79. The van der Waals surface area contributed by atoms with Crippen molar-refractivity contribution >= 4 is 17.6 Å². The molecule has 34 heavy (non-hydrogen) atoms. The maximum atomic E-state index is 13.5. The normalized spacial score (nSPS) is 14.6. The highest BCUT2D eigenvalue weighted by atomic mass is 35.5. The second kappa shape index (κ2) is 10.6. The van der Waals surface area contributed by atoms with Gasteiger partial charge >= 0.3 is 11.7 Å². The third-order valence-electron chi connectivity index (χ3n) is 6.87. The summed E-state index contributed by atoms with van der Waals surface area (Å²) in [4.78, 5) is 25.1. The topological polar surface area (TPSA) is 64.2 Å². The summed E-state index contributed by atoms with van der Waals surface area (Å²) in [6.45, 7) is 4.82. The second-order valence-electron chi connectivity index (χ2n) is 9.75. The van der Waals surface area contributed by atoms with Crippen LogP contribution in [0, 0.1) is 5.92 Å². The summed E-state index contributed by atoms with van der Waals surface area (Å²) < 4.78 is 3.69. The lowest BCUT2D eigenvalue weighted by atomic mass is 9.95. The number of aromatic nitrogens is 2. The zero-order valence-electron chi connectivity index (χ0n) is 20.0. The molecule has 0 amide bonds. The molecule has 0 bridgehead atoms. The maximum absolute atomic E-state index is 13.5. The number of hydrogen-bond donors (Lipinski definition) is 1. The van der Waals surface area contributed by atoms with Crippen molar-refractivity contribution in [2.24, 2.45) is 5.92 Å². The van der Waals surface area contributed by atoms with Gasteiger partial charge in [0.15, 0.2) is 0 Å². The van der Waals surface area contributed by atoms with Crippen molar-refractivity contribution in [3.05, 3.63) is 81.0 Å². The van der Waals surface area contributed by atoms with Gasteiger partial charge in [-0.05, 0) is 54.4 Å². The Morgan fingerprint density at radius 2 is 1.74 bits per heavy atom. The highest BCUT2D eigenvalue weighted by Gasteiger charge is 2.25. The van der Waals surface area contributed by atoms with Crippen molar-refractivity contribution in [3.63, 3.8) is 0 Å². The Morgan fingerprint density at radius 1 is 1.06 bits per heavy atom. The maximum Gasteiger partial charge on any atom is 0.336 e. The average molecular weight is 481 g/mol. The van der Waals surface area contributed by atoms with E-state index in [1.807, 2.05) is 45.5 Å². The van der Waals surface area contributed by atoms with Gasteiger partial charge in [-0.3, -0.25) is 9.13 Å². The number of carboxylic acids is 1. The average Bonchev–Trinajstić information content (AvgIpc) is 3.07. The quantitative estimate of drug-likeness (QED) is 0.385. The Bertz CT molecular complexity index is 1200. The lowest BCUT2D eigenvalue weighted by Gasteiger charge is -2.22. The predicted molar refractivity (Wildman–Crippen MR) is 137 cm³/mol. The van der Waals surface area contributed by atoms with Gasteiger partial charge in [-0.1, -0.05) is 87.2 Å². The van der Waals surface area contributed by atoms with Crippen molar-refractivity contribution in [2.45, 2.75) is 71.4 Å². The largest absolute Gasteiger partial charge is 0.478 e. The van der Waals surface area contributed by atoms with E-state index < -0.39 is 5.97 Å². The van der Waals surface area contributed by atoms with E-state index in [-0.39, 0.29) is 17.3 Å². The summed E-state index contributed by atoms with van der Waals surface area (Å²) in [5.74, 6) is -0.425. The van der Waals surface area contributed by atoms with E-state index in [9.17, 15) is 14.7 Å². The van der Waals surface area contributed by atoms with Crippen LogP contribution in [0.4, 0.5) is 0 Å². The van der Waals surface area contributed by atoms with E-state index in [1.54, 1.807) is 12.1 Å². The smallest absolute Gasteiger partial charge is 0.336 e. The Morgan fingerprint density at radius 3 is 2.38 bits per heavy atom. The van der Waals surface area contributed by atoms with Crippen LogP contribution < -0.4 is 5.69 Å². The van der Waals surface area contributed by atoms with Crippen LogP contribution in [0.15, 0.2) is 53.3 Å². The van der Waals surface area contributed by atoms with Crippen molar-refractivity contribution < 1.29 is 9.90 Å². The van der Waals surface area contributed by atoms with Crippen LogP contribution in [-0.4, -0.2) is 20.2 Å². The van der Waals surface area contributed by atoms with E-state index in [2.05, 4.69) is 13.8 Å². The SMILES string of the molecule is CC(C)CCc1c(Cl)n(C2CCCCC2)c(=O)n1Cc1ccc(-c2ccccc2C(=O)O)cc1. The number of nitrogens with zero attached hydrogens (tertiary/aromatic N) is 2. The third-order valence-corrected chi connectivity index (χ3v) is 7.27. The molecule has 0 saturated heterocycles. The van der Waals surface area contributed by atoms with Crippen LogP contribution in [0.5, 0.6) is 0 Å². The van der Waals surface area contributed by atoms with Crippen LogP contribution in [0.3, 0.4) is 0 Å². The Balaban J connectivity index is 1.66. The number of carboxylic acid groups (broad SMARTS) is 1. The van der Waals surface area contributed by atoms with Crippen LogP contribution in [-0.2, 0) is 13.0 Å². The van der Waals surface area contributed by atoms with E-state index >= 15 is 0 Å². The summed E-state index contributed by atoms with van der Waals surface area (Å²) in [5, 5.41) is 10.1. The van der Waals surface area contributed by atoms with E-state index in [1.165, 1.54) is 6.42 Å². The molecule has 4 rings (SSSR count). The fourth-order valence-electron chi connectivity index (χ4n) is 4.96. The third kappa shape index (κ3) is 5.15. The molecule has 1 aromatic heterocycles. The standard InChI is InChI=1S/C28H33ClN2O3/c1-19(2)12-17-25-26(29)31(22-8-4-3-5-9-22)28(34)30(25)18-20-13-15-21(16-14-20)23-10-6-7-11-24(23)27(32)33/h6-7,10-11,13-16,19,22H,3-5,8-9,12,17-18H2,1-2H3,(H,32,33). The van der Waals surface area contributed by atoms with Gasteiger partial charge in [-0.15, -0.1) is 0 Å². The molecule has 1 aliphatic carbocycles. The lowest BCUT2D eigenvalue weighted by molar-refractivity contribution is 0.0697. The number of benzene rings is 2. The van der Waals surface area contributed by atoms with E-state index in [0.29, 0.717) is 23.2 Å². The molecule has 0 unspecified atom stereocenters. The predicted octanol–water partition coefficient (Wildman–Crippen LogP) is 6.81. The molecule has 1 fully saturated rings. The molecule has 2 aromatic carbocycles. The molecule has 1 aliphatic rings. The molecule has 3 aromatic rings. The first kappa shape index (κ1) is 24.3. The summed E-state index contributed by atoms with van der Waals surface area (Å²) in [5.41, 5.74) is 3.69. The molecule has 5 nitrogen and oxygen atoms in total. The summed E-state index contributed by atoms with van der Waals surface area (Å²) >= 11 is 6.86. The molecule has 6 heteroatoms. The number of hydrogen-bond acceptors (Lipinski definition) is 2. The van der Waals surface area contributed by atoms with Crippen LogP contribution in [0.25, 0.3) is 11.1 Å². The van der Waals surface area contributed by atoms with Gasteiger partial charge in [-0.25, -0.2) is 9.59 Å². The fourth-order valence-corrected chi connectivity index (χ4v) is 5.36. The second-order valence-corrected chi connectivity index (χ2v) is 10.1. The molecule has 0 atom stereocenters. The Kier molecular flexibility index (Phi) is 7.62. The lowest BCUT2D eigenvalue weighted by Crippen LogP contribution is -2.29. The number of imidazole rings is 1. The van der Waals surface area contributed by atoms with Crippen LogP contribution in [0.1, 0.15) is 80.0 Å². The van der Waals surface area contributed by atoms with Gasteiger partial charge in [0, 0.05) is 6.04 Å². The molecular weight excluding hydrogens is 448 g/mol. The van der Waals surface area contributed by atoms with E-state index in [4.69, 9.17) is 11.6 Å². The summed E-state index contributed by atoms with van der Waals surface area (Å²) in [6, 6.07) is 15.0. The van der Waals surface area contributed by atoms with Gasteiger partial charge in [0.05, 0.1) is 17.8 Å². The molecule has 180 valence electrons. The van der Waals surface area contributed by atoms with E-state index in [0.717, 1.165) is 55.3 Å². The van der Waals surface area contributed by atoms with Gasteiger partial charge in [0.25, 0.3) is 0 Å². The van der Waals surface area contributed by atoms with Gasteiger partial charge in [0.1, 0.15) is 5.15 Å². The highest BCUT2D eigenvalue weighted by Crippen LogP contribution is 2.32. The molecule has 0 aliphatic heterocycles. The van der Waals surface area contributed by atoms with Crippen LogP contribution >= 0.6 is 11.6 Å². The molecule has 0 spiro atoms. The highest BCUT2D eigenvalue weighted by molar-refractivity contribution is 6.30. The summed E-state index contributed by atoms with van der Waals surface area (Å²) in [7, 11) is 0. The summed E-state index contributed by atoms with van der Waals surface area (Å²) in [6.07, 6.45) is 7.25. The first-order valence-electron chi connectivity index (χ1n) is 12.3. The zero-order chi connectivity index (χ0) is 24.2. The van der Waals surface area contributed by atoms with Gasteiger partial charge in [0.2, 0.25) is 0 Å². The number of aromatic carboxylic acids is 1. The fraction of sp³-hybridized carbons (Fsp3) is 0.429. The number of rotatable bonds is 8. The molecule has 1 saturated carbocycles. The Labute approximate surface area is 206 Å². The van der Waals surface area contributed by atoms with Gasteiger partial charge in [-0.2, -0.15) is 0 Å². The number of halogens is 1. The minimum Gasteiger partial charge on any atom is -0.478 e. The monoisotopic (exact) mass is 480 g/mol. The zero-order valence-corrected chi connectivity index (χ0v) is 20.7. The van der Waals surface area contributed by atoms with Crippen molar-refractivity contribution in [3.8, 4) is 11.1 Å². The first-order chi connectivity index (χ1) is 16.4. The molecular formula is C28H33ClN2O3. The molecule has 0 radical (unpaired) electrons. The van der Waals surface area contributed by atoms with Crippen molar-refractivity contribution in [2.75, 3.05) is 0 Å². The van der Waals surface area contributed by atoms with Crippen molar-refractivity contribution in [1.82, 2.24) is 9.13 Å².